The van der Waals surface area contributed by atoms with Gasteiger partial charge in [0.2, 0.25) is 5.95 Å². The summed E-state index contributed by atoms with van der Waals surface area (Å²) in [4.78, 5) is 22.1. The van der Waals surface area contributed by atoms with Crippen LogP contribution in [-0.4, -0.2) is 19.6 Å². The highest BCUT2D eigenvalue weighted by Crippen LogP contribution is 2.32. The molecule has 0 bridgehead atoms. The molecule has 3 aromatic carbocycles. The summed E-state index contributed by atoms with van der Waals surface area (Å²) in [6.07, 6.45) is 1.48. The number of phenolic OH excluding ortho intramolecular Hbond substituents is 1. The van der Waals surface area contributed by atoms with Crippen molar-refractivity contribution in [1.82, 2.24) is 14.5 Å². The quantitative estimate of drug-likeness (QED) is 0.285. The van der Waals surface area contributed by atoms with Crippen LogP contribution in [0.25, 0.3) is 27.6 Å². The maximum atomic E-state index is 14.1. The zero-order valence-electron chi connectivity index (χ0n) is 19.1. The molecule has 0 aliphatic rings. The molecule has 0 radical (unpaired) electrons. The van der Waals surface area contributed by atoms with E-state index in [1.54, 1.807) is 22.8 Å². The number of hydrogen-bond acceptors (Lipinski definition) is 6. The fourth-order valence-corrected chi connectivity index (χ4v) is 4.43. The van der Waals surface area contributed by atoms with Crippen LogP contribution in [0.2, 0.25) is 5.02 Å². The van der Waals surface area contributed by atoms with Crippen LogP contribution in [0.1, 0.15) is 18.7 Å². The molecule has 1 unspecified atom stereocenters. The Bertz CT molecular complexity index is 1660. The van der Waals surface area contributed by atoms with E-state index in [0.29, 0.717) is 44.1 Å². The van der Waals surface area contributed by atoms with Crippen LogP contribution in [0, 0.1) is 5.82 Å². The number of nitrogens with one attached hydrogen (secondary N) is 1. The predicted octanol–water partition coefficient (Wildman–Crippen LogP) is 5.70. The molecule has 36 heavy (non-hydrogen) atoms. The van der Waals surface area contributed by atoms with E-state index < -0.39 is 17.6 Å². The Balaban J connectivity index is 1.66. The van der Waals surface area contributed by atoms with Gasteiger partial charge in [0.1, 0.15) is 5.82 Å². The first-order valence-corrected chi connectivity index (χ1v) is 11.5. The Hall–Kier alpha value is -4.43. The summed E-state index contributed by atoms with van der Waals surface area (Å²) >= 11 is 6.41. The molecule has 2 heterocycles. The minimum atomic E-state index is -0.771. The van der Waals surface area contributed by atoms with Gasteiger partial charge in [0.15, 0.2) is 11.6 Å². The van der Waals surface area contributed by atoms with Crippen molar-refractivity contribution in [1.29, 1.82) is 0 Å². The fourth-order valence-electron chi connectivity index (χ4n) is 4.17. The second-order valence-electron chi connectivity index (χ2n) is 8.27. The maximum Gasteiger partial charge on any atom is 0.264 e. The fraction of sp³-hybridized carbons (Fsp3) is 0.0741. The summed E-state index contributed by atoms with van der Waals surface area (Å²) in [6.45, 7) is 1.88. The summed E-state index contributed by atoms with van der Waals surface area (Å²) < 4.78 is 15.7. The van der Waals surface area contributed by atoms with Crippen molar-refractivity contribution in [3.8, 4) is 22.6 Å². The molecular weight excluding hydrogens is 481 g/mol. The second kappa shape index (κ2) is 9.31. The molecule has 0 fully saturated rings. The molecule has 0 spiro atoms. The van der Waals surface area contributed by atoms with Crippen molar-refractivity contribution in [2.75, 3.05) is 11.1 Å². The van der Waals surface area contributed by atoms with Gasteiger partial charge in [-0.15, -0.1) is 0 Å². The minimum Gasteiger partial charge on any atom is -0.505 e. The Morgan fingerprint density at radius 1 is 1.08 bits per heavy atom. The van der Waals surface area contributed by atoms with E-state index in [9.17, 15) is 14.3 Å². The maximum absolute atomic E-state index is 14.1. The molecule has 7 nitrogen and oxygen atoms in total. The lowest BCUT2D eigenvalue weighted by Crippen LogP contribution is -2.26. The number of benzene rings is 3. The van der Waals surface area contributed by atoms with Crippen molar-refractivity contribution in [3.63, 3.8) is 0 Å². The van der Waals surface area contributed by atoms with Crippen molar-refractivity contribution >= 4 is 34.1 Å². The Kier molecular flexibility index (Phi) is 6.03. The summed E-state index contributed by atoms with van der Waals surface area (Å²) in [7, 11) is 0. The number of aromatic hydroxyl groups is 1. The third kappa shape index (κ3) is 4.23. The van der Waals surface area contributed by atoms with Gasteiger partial charge in [0.25, 0.3) is 5.56 Å². The van der Waals surface area contributed by atoms with E-state index in [2.05, 4.69) is 15.3 Å². The van der Waals surface area contributed by atoms with Crippen molar-refractivity contribution in [2.24, 2.45) is 0 Å². The third-order valence-electron chi connectivity index (χ3n) is 5.90. The SMILES string of the molecule is CC(Nc1nc(N)ncc1-c1ccc(O)c(F)c1)c1cc2cccc(Cl)c2c(=O)n1-c1ccccc1. The monoisotopic (exact) mass is 501 g/mol. The van der Waals surface area contributed by atoms with Crippen LogP contribution >= 0.6 is 11.6 Å². The van der Waals surface area contributed by atoms with E-state index in [-0.39, 0.29) is 11.5 Å². The van der Waals surface area contributed by atoms with Gasteiger partial charge in [0, 0.05) is 23.1 Å². The van der Waals surface area contributed by atoms with Crippen molar-refractivity contribution in [2.45, 2.75) is 13.0 Å². The minimum absolute atomic E-state index is 0.0263. The topological polar surface area (TPSA) is 106 Å². The highest BCUT2D eigenvalue weighted by Gasteiger charge is 2.20. The van der Waals surface area contributed by atoms with E-state index in [1.807, 2.05) is 49.4 Å². The number of hydrogen-bond donors (Lipinski definition) is 3. The first-order valence-electron chi connectivity index (χ1n) is 11.1. The van der Waals surface area contributed by atoms with Crippen LogP contribution in [0.15, 0.2) is 83.8 Å². The van der Waals surface area contributed by atoms with E-state index in [0.717, 1.165) is 0 Å². The zero-order chi connectivity index (χ0) is 25.4. The number of rotatable bonds is 5. The Morgan fingerprint density at radius 3 is 2.61 bits per heavy atom. The molecule has 2 aromatic heterocycles. The summed E-state index contributed by atoms with van der Waals surface area (Å²) in [5, 5.41) is 14.4. The summed E-state index contributed by atoms with van der Waals surface area (Å²) in [5.41, 5.74) is 7.87. The molecule has 1 atom stereocenters. The second-order valence-corrected chi connectivity index (χ2v) is 8.68. The summed E-state index contributed by atoms with van der Waals surface area (Å²) in [5.74, 6) is -0.857. The van der Waals surface area contributed by atoms with Crippen molar-refractivity contribution < 1.29 is 9.50 Å². The lowest BCUT2D eigenvalue weighted by Gasteiger charge is -2.22. The third-order valence-corrected chi connectivity index (χ3v) is 6.22. The van der Waals surface area contributed by atoms with Gasteiger partial charge in [-0.25, -0.2) is 9.37 Å². The van der Waals surface area contributed by atoms with Crippen LogP contribution in [0.5, 0.6) is 5.75 Å². The van der Waals surface area contributed by atoms with Crippen molar-refractivity contribution in [3.05, 3.63) is 106 Å². The Labute approximate surface area is 210 Å². The first kappa shape index (κ1) is 23.3. The molecule has 0 saturated carbocycles. The molecule has 4 N–H and O–H groups in total. The standard InChI is InChI=1S/C27H21ClFN5O2/c1-15(32-25-19(14-31-27(30)33-25)16-10-11-23(35)21(29)12-16)22-13-17-6-5-9-20(28)24(17)26(36)34(22)18-7-3-2-4-8-18/h2-15,35H,1H3,(H3,30,31,32,33). The molecule has 180 valence electrons. The summed E-state index contributed by atoms with van der Waals surface area (Å²) in [6, 6.07) is 20.0. The molecule has 9 heteroatoms. The first-order chi connectivity index (χ1) is 17.3. The van der Waals surface area contributed by atoms with Gasteiger partial charge >= 0.3 is 0 Å². The van der Waals surface area contributed by atoms with E-state index >= 15 is 0 Å². The number of phenols is 1. The number of nitrogen functional groups attached to an aromatic ring is 1. The van der Waals surface area contributed by atoms with E-state index in [1.165, 1.54) is 18.3 Å². The largest absolute Gasteiger partial charge is 0.505 e. The normalized spacial score (nSPS) is 12.0. The molecule has 0 aliphatic heterocycles. The number of nitrogens with two attached hydrogens (primary N) is 1. The van der Waals surface area contributed by atoms with Crippen LogP contribution in [0.3, 0.4) is 0 Å². The molecule has 5 rings (SSSR count). The van der Waals surface area contributed by atoms with Gasteiger partial charge in [-0.05, 0) is 54.3 Å². The van der Waals surface area contributed by atoms with Gasteiger partial charge in [0.05, 0.1) is 16.5 Å². The molecule has 5 aromatic rings. The lowest BCUT2D eigenvalue weighted by atomic mass is 10.1. The number of fused-ring (bicyclic) bond motifs is 1. The molecule has 0 amide bonds. The van der Waals surface area contributed by atoms with Gasteiger partial charge in [-0.3, -0.25) is 9.36 Å². The molecule has 0 aliphatic carbocycles. The van der Waals surface area contributed by atoms with E-state index in [4.69, 9.17) is 17.3 Å². The molecule has 0 saturated heterocycles. The smallest absolute Gasteiger partial charge is 0.264 e. The highest BCUT2D eigenvalue weighted by molar-refractivity contribution is 6.35. The number of para-hydroxylation sites is 1. The zero-order valence-corrected chi connectivity index (χ0v) is 19.9. The lowest BCUT2D eigenvalue weighted by molar-refractivity contribution is 0.432. The van der Waals surface area contributed by atoms with Crippen LogP contribution in [0.4, 0.5) is 16.2 Å². The Morgan fingerprint density at radius 2 is 1.86 bits per heavy atom. The van der Waals surface area contributed by atoms with Crippen LogP contribution in [-0.2, 0) is 0 Å². The predicted molar refractivity (Wildman–Crippen MR) is 140 cm³/mol. The van der Waals surface area contributed by atoms with Crippen LogP contribution < -0.4 is 16.6 Å². The number of anilines is 2. The number of nitrogens with zero attached hydrogens (tertiary/aromatic N) is 3. The average Bonchev–Trinajstić information content (AvgIpc) is 2.86. The number of pyridine rings is 1. The highest BCUT2D eigenvalue weighted by atomic mass is 35.5. The average molecular weight is 502 g/mol. The van der Waals surface area contributed by atoms with Gasteiger partial charge in [-0.2, -0.15) is 4.98 Å². The molecular formula is C27H21ClFN5O2. The van der Waals surface area contributed by atoms with Gasteiger partial charge in [-0.1, -0.05) is 48.0 Å². The van der Waals surface area contributed by atoms with Gasteiger partial charge < -0.3 is 16.2 Å². The number of aromatic nitrogens is 3. The number of halogens is 2.